The largest absolute Gasteiger partial charge is 0.508 e. The van der Waals surface area contributed by atoms with Crippen LogP contribution in [0.4, 0.5) is 0 Å². The molecule has 0 fully saturated rings. The summed E-state index contributed by atoms with van der Waals surface area (Å²) in [4.78, 5) is 4.42. The molecule has 0 bridgehead atoms. The standard InChI is InChI=1S/C15H11NO/c17-13-8-6-11(7-9-13)14-5-1-3-12-4-2-10-16-15(12)14/h1-10,17H. The number of pyridine rings is 1. The van der Waals surface area contributed by atoms with Gasteiger partial charge < -0.3 is 5.11 Å². The van der Waals surface area contributed by atoms with Crippen LogP contribution in [0.25, 0.3) is 22.0 Å². The Morgan fingerprint density at radius 1 is 0.824 bits per heavy atom. The fraction of sp³-hybridized carbons (Fsp3) is 0. The topological polar surface area (TPSA) is 33.1 Å². The Morgan fingerprint density at radius 3 is 2.41 bits per heavy atom. The third kappa shape index (κ3) is 1.74. The summed E-state index contributed by atoms with van der Waals surface area (Å²) < 4.78 is 0. The zero-order chi connectivity index (χ0) is 11.7. The van der Waals surface area contributed by atoms with E-state index in [2.05, 4.69) is 4.98 Å². The van der Waals surface area contributed by atoms with Crippen molar-refractivity contribution in [3.63, 3.8) is 0 Å². The van der Waals surface area contributed by atoms with E-state index in [1.807, 2.05) is 42.5 Å². The lowest BCUT2D eigenvalue weighted by Gasteiger charge is -2.05. The lowest BCUT2D eigenvalue weighted by molar-refractivity contribution is 0.475. The molecule has 2 heteroatoms. The quantitative estimate of drug-likeness (QED) is 0.681. The molecule has 0 saturated heterocycles. The van der Waals surface area contributed by atoms with E-state index >= 15 is 0 Å². The van der Waals surface area contributed by atoms with Crippen molar-refractivity contribution in [2.24, 2.45) is 0 Å². The van der Waals surface area contributed by atoms with Crippen molar-refractivity contribution in [2.45, 2.75) is 0 Å². The molecule has 0 spiro atoms. The van der Waals surface area contributed by atoms with Crippen molar-refractivity contribution >= 4 is 10.9 Å². The van der Waals surface area contributed by atoms with Gasteiger partial charge in [0.05, 0.1) is 5.52 Å². The molecule has 0 amide bonds. The van der Waals surface area contributed by atoms with Gasteiger partial charge >= 0.3 is 0 Å². The summed E-state index contributed by atoms with van der Waals surface area (Å²) in [5.41, 5.74) is 3.14. The second-order valence-electron chi connectivity index (χ2n) is 3.93. The zero-order valence-corrected chi connectivity index (χ0v) is 9.17. The van der Waals surface area contributed by atoms with Crippen LogP contribution in [0.5, 0.6) is 5.75 Å². The van der Waals surface area contributed by atoms with Gasteiger partial charge in [-0.15, -0.1) is 0 Å². The number of fused-ring (bicyclic) bond motifs is 1. The van der Waals surface area contributed by atoms with Crippen molar-refractivity contribution in [3.8, 4) is 16.9 Å². The summed E-state index contributed by atoms with van der Waals surface area (Å²) >= 11 is 0. The maximum absolute atomic E-state index is 9.30. The number of phenols is 1. The summed E-state index contributed by atoms with van der Waals surface area (Å²) in [6, 6.07) is 17.3. The van der Waals surface area contributed by atoms with E-state index in [0.717, 1.165) is 22.0 Å². The molecule has 1 aromatic heterocycles. The normalized spacial score (nSPS) is 10.6. The van der Waals surface area contributed by atoms with Gasteiger partial charge in [-0.05, 0) is 23.8 Å². The van der Waals surface area contributed by atoms with Crippen LogP contribution in [-0.4, -0.2) is 10.1 Å². The number of aromatic hydroxyl groups is 1. The fourth-order valence-corrected chi connectivity index (χ4v) is 1.98. The molecular formula is C15H11NO. The van der Waals surface area contributed by atoms with E-state index in [4.69, 9.17) is 0 Å². The average Bonchev–Trinajstić information content (AvgIpc) is 2.39. The van der Waals surface area contributed by atoms with Gasteiger partial charge in [-0.1, -0.05) is 36.4 Å². The highest BCUT2D eigenvalue weighted by atomic mass is 16.3. The SMILES string of the molecule is Oc1ccc(-c2cccc3cccnc23)cc1. The monoisotopic (exact) mass is 221 g/mol. The van der Waals surface area contributed by atoms with Crippen molar-refractivity contribution in [2.75, 3.05) is 0 Å². The lowest BCUT2D eigenvalue weighted by Crippen LogP contribution is -1.83. The Kier molecular flexibility index (Phi) is 2.26. The summed E-state index contributed by atoms with van der Waals surface area (Å²) in [5.74, 6) is 0.280. The molecule has 3 rings (SSSR count). The maximum atomic E-state index is 9.30. The Labute approximate surface area is 99.2 Å². The number of hydrogen-bond donors (Lipinski definition) is 1. The first-order valence-electron chi connectivity index (χ1n) is 5.48. The lowest BCUT2D eigenvalue weighted by atomic mass is 10.0. The van der Waals surface area contributed by atoms with Crippen molar-refractivity contribution in [3.05, 3.63) is 60.8 Å². The Balaban J connectivity index is 2.27. The van der Waals surface area contributed by atoms with Crippen LogP contribution in [0.3, 0.4) is 0 Å². The molecule has 1 heterocycles. The van der Waals surface area contributed by atoms with Crippen molar-refractivity contribution in [1.82, 2.24) is 4.98 Å². The molecule has 0 aliphatic rings. The number of rotatable bonds is 1. The zero-order valence-electron chi connectivity index (χ0n) is 9.17. The summed E-state index contributed by atoms with van der Waals surface area (Å²) in [5, 5.41) is 10.4. The molecule has 2 nitrogen and oxygen atoms in total. The number of para-hydroxylation sites is 1. The summed E-state index contributed by atoms with van der Waals surface area (Å²) in [6.07, 6.45) is 1.80. The van der Waals surface area contributed by atoms with Crippen LogP contribution in [0, 0.1) is 0 Å². The van der Waals surface area contributed by atoms with Crippen LogP contribution in [0.15, 0.2) is 60.8 Å². The molecule has 0 aliphatic heterocycles. The van der Waals surface area contributed by atoms with Gasteiger partial charge in [0.15, 0.2) is 0 Å². The van der Waals surface area contributed by atoms with Crippen molar-refractivity contribution in [1.29, 1.82) is 0 Å². The van der Waals surface area contributed by atoms with E-state index in [-0.39, 0.29) is 5.75 Å². The molecule has 0 saturated carbocycles. The van der Waals surface area contributed by atoms with E-state index in [9.17, 15) is 5.11 Å². The first-order valence-corrected chi connectivity index (χ1v) is 5.48. The van der Waals surface area contributed by atoms with Crippen LogP contribution < -0.4 is 0 Å². The Bertz CT molecular complexity index is 654. The Hall–Kier alpha value is -2.35. The van der Waals surface area contributed by atoms with Gasteiger partial charge in [0, 0.05) is 17.1 Å². The van der Waals surface area contributed by atoms with Crippen LogP contribution in [0.1, 0.15) is 0 Å². The van der Waals surface area contributed by atoms with Gasteiger partial charge in [0.1, 0.15) is 5.75 Å². The highest BCUT2D eigenvalue weighted by molar-refractivity contribution is 5.93. The summed E-state index contributed by atoms with van der Waals surface area (Å²) in [7, 11) is 0. The highest BCUT2D eigenvalue weighted by Crippen LogP contribution is 2.27. The molecule has 0 atom stereocenters. The molecule has 1 N–H and O–H groups in total. The van der Waals surface area contributed by atoms with Crippen LogP contribution in [0.2, 0.25) is 0 Å². The van der Waals surface area contributed by atoms with Crippen LogP contribution >= 0.6 is 0 Å². The highest BCUT2D eigenvalue weighted by Gasteiger charge is 2.03. The van der Waals surface area contributed by atoms with Gasteiger partial charge in [-0.2, -0.15) is 0 Å². The number of aromatic nitrogens is 1. The average molecular weight is 221 g/mol. The number of benzene rings is 2. The molecular weight excluding hydrogens is 210 g/mol. The Morgan fingerprint density at radius 2 is 1.59 bits per heavy atom. The predicted octanol–water partition coefficient (Wildman–Crippen LogP) is 3.61. The first kappa shape index (κ1) is 9.85. The minimum Gasteiger partial charge on any atom is -0.508 e. The smallest absolute Gasteiger partial charge is 0.115 e. The van der Waals surface area contributed by atoms with Gasteiger partial charge in [-0.25, -0.2) is 0 Å². The molecule has 0 unspecified atom stereocenters. The molecule has 82 valence electrons. The van der Waals surface area contributed by atoms with Crippen molar-refractivity contribution < 1.29 is 5.11 Å². The van der Waals surface area contributed by atoms with Gasteiger partial charge in [-0.3, -0.25) is 4.98 Å². The molecule has 0 aliphatic carbocycles. The molecule has 17 heavy (non-hydrogen) atoms. The van der Waals surface area contributed by atoms with Crippen LogP contribution in [-0.2, 0) is 0 Å². The number of phenolic OH excluding ortho intramolecular Hbond substituents is 1. The molecule has 0 radical (unpaired) electrons. The number of hydrogen-bond acceptors (Lipinski definition) is 2. The maximum Gasteiger partial charge on any atom is 0.115 e. The minimum atomic E-state index is 0.280. The molecule has 2 aromatic carbocycles. The minimum absolute atomic E-state index is 0.280. The van der Waals surface area contributed by atoms with E-state index in [1.165, 1.54) is 0 Å². The fourth-order valence-electron chi connectivity index (χ4n) is 1.98. The molecule has 3 aromatic rings. The third-order valence-corrected chi connectivity index (χ3v) is 2.81. The van der Waals surface area contributed by atoms with Gasteiger partial charge in [0.2, 0.25) is 0 Å². The summed E-state index contributed by atoms with van der Waals surface area (Å²) in [6.45, 7) is 0. The van der Waals surface area contributed by atoms with E-state index in [0.29, 0.717) is 0 Å². The number of nitrogens with zero attached hydrogens (tertiary/aromatic N) is 1. The second-order valence-corrected chi connectivity index (χ2v) is 3.93. The predicted molar refractivity (Wildman–Crippen MR) is 68.8 cm³/mol. The first-order chi connectivity index (χ1) is 8.34. The van der Waals surface area contributed by atoms with E-state index in [1.54, 1.807) is 18.3 Å². The third-order valence-electron chi connectivity index (χ3n) is 2.81. The second kappa shape index (κ2) is 3.91. The van der Waals surface area contributed by atoms with E-state index < -0.39 is 0 Å². The van der Waals surface area contributed by atoms with Gasteiger partial charge in [0.25, 0.3) is 0 Å².